The number of nitrogens with zero attached hydrogens (tertiary/aromatic N) is 1. The van der Waals surface area contributed by atoms with Crippen molar-refractivity contribution in [2.24, 2.45) is 4.99 Å². The molecule has 0 atom stereocenters. The topological polar surface area (TPSA) is 72.0 Å². The third kappa shape index (κ3) is 6.19. The van der Waals surface area contributed by atoms with Gasteiger partial charge in [0.25, 0.3) is 0 Å². The van der Waals surface area contributed by atoms with Crippen molar-refractivity contribution in [3.63, 3.8) is 0 Å². The van der Waals surface area contributed by atoms with Gasteiger partial charge in [-0.1, -0.05) is 12.1 Å². The lowest BCUT2D eigenvalue weighted by atomic mass is 10.2. The minimum Gasteiger partial charge on any atom is -0.482 e. The summed E-state index contributed by atoms with van der Waals surface area (Å²) in [4.78, 5) is 15.4. The highest BCUT2D eigenvalue weighted by molar-refractivity contribution is 14.0. The molecule has 1 heterocycles. The van der Waals surface area contributed by atoms with E-state index in [0.717, 1.165) is 31.0 Å². The van der Waals surface area contributed by atoms with E-state index >= 15 is 0 Å². The van der Waals surface area contributed by atoms with Crippen molar-refractivity contribution in [2.75, 3.05) is 26.8 Å². The summed E-state index contributed by atoms with van der Waals surface area (Å²) in [5, 5.41) is 6.43. The summed E-state index contributed by atoms with van der Waals surface area (Å²) in [5.41, 5.74) is 1.06. The number of carbonyl (C=O) groups is 1. The maximum absolute atomic E-state index is 11.0. The largest absolute Gasteiger partial charge is 0.482 e. The van der Waals surface area contributed by atoms with Gasteiger partial charge in [0.1, 0.15) is 5.75 Å². The van der Waals surface area contributed by atoms with Crippen molar-refractivity contribution in [1.29, 1.82) is 0 Å². The van der Waals surface area contributed by atoms with Gasteiger partial charge in [-0.2, -0.15) is 0 Å². The number of ether oxygens (including phenoxy) is 2. The smallest absolute Gasteiger partial charge is 0.343 e. The second-order valence-electron chi connectivity index (χ2n) is 4.38. The van der Waals surface area contributed by atoms with Gasteiger partial charge in [-0.3, -0.25) is 4.99 Å². The fraction of sp³-hybridized carbons (Fsp3) is 0.429. The predicted molar refractivity (Wildman–Crippen MR) is 91.1 cm³/mol. The van der Waals surface area contributed by atoms with Crippen LogP contribution in [0.1, 0.15) is 12.0 Å². The normalized spacial score (nSPS) is 13.3. The summed E-state index contributed by atoms with van der Waals surface area (Å²) in [6.45, 7) is 2.38. The number of guanidine groups is 1. The Balaban J connectivity index is 0.00000220. The van der Waals surface area contributed by atoms with E-state index in [1.807, 2.05) is 24.3 Å². The molecule has 0 saturated heterocycles. The first-order valence-corrected chi connectivity index (χ1v) is 6.58. The van der Waals surface area contributed by atoms with Gasteiger partial charge in [-0.15, -0.1) is 24.0 Å². The number of carbonyl (C=O) groups excluding carboxylic acids is 1. The Morgan fingerprint density at radius 2 is 2.33 bits per heavy atom. The summed E-state index contributed by atoms with van der Waals surface area (Å²) >= 11 is 0. The summed E-state index contributed by atoms with van der Waals surface area (Å²) in [6.07, 6.45) is 1.07. The zero-order valence-electron chi connectivity index (χ0n) is 11.9. The SMILES string of the molecule is COC(=O)COc1cccc(CNC2=NCCCN2)c1.I. The van der Waals surface area contributed by atoms with Gasteiger partial charge < -0.3 is 20.1 Å². The number of nitrogens with one attached hydrogen (secondary N) is 2. The standard InChI is InChI=1S/C14H19N3O3.HI/c1-19-13(18)10-20-12-5-2-4-11(8-12)9-17-14-15-6-3-7-16-14;/h2,4-5,8H,3,6-7,9-10H2,1H3,(H2,15,16,17);1H. The molecule has 0 aromatic heterocycles. The molecule has 1 aromatic rings. The minimum atomic E-state index is -0.394. The third-order valence-electron chi connectivity index (χ3n) is 2.84. The van der Waals surface area contributed by atoms with Crippen molar-refractivity contribution >= 4 is 35.9 Å². The fourth-order valence-electron chi connectivity index (χ4n) is 1.78. The molecule has 0 aliphatic carbocycles. The lowest BCUT2D eigenvalue weighted by Crippen LogP contribution is -2.40. The number of methoxy groups -OCH3 is 1. The van der Waals surface area contributed by atoms with Crippen LogP contribution in [0.5, 0.6) is 5.75 Å². The monoisotopic (exact) mass is 405 g/mol. The van der Waals surface area contributed by atoms with Crippen LogP contribution in [0.2, 0.25) is 0 Å². The minimum absolute atomic E-state index is 0. The van der Waals surface area contributed by atoms with Crippen LogP contribution in [-0.2, 0) is 16.1 Å². The number of aliphatic imine (C=N–C) groups is 1. The van der Waals surface area contributed by atoms with Crippen molar-refractivity contribution < 1.29 is 14.3 Å². The molecule has 0 spiro atoms. The van der Waals surface area contributed by atoms with Crippen molar-refractivity contribution in [3.8, 4) is 5.75 Å². The van der Waals surface area contributed by atoms with Crippen molar-refractivity contribution in [2.45, 2.75) is 13.0 Å². The second kappa shape index (κ2) is 9.43. The van der Waals surface area contributed by atoms with Crippen LogP contribution in [0, 0.1) is 0 Å². The lowest BCUT2D eigenvalue weighted by molar-refractivity contribution is -0.142. The first kappa shape index (κ1) is 17.5. The summed E-state index contributed by atoms with van der Waals surface area (Å²) in [7, 11) is 1.34. The van der Waals surface area contributed by atoms with Gasteiger partial charge >= 0.3 is 5.97 Å². The molecule has 0 radical (unpaired) electrons. The quantitative estimate of drug-likeness (QED) is 0.571. The summed E-state index contributed by atoms with van der Waals surface area (Å²) < 4.78 is 9.87. The average molecular weight is 405 g/mol. The zero-order chi connectivity index (χ0) is 14.2. The van der Waals surface area contributed by atoms with Crippen LogP contribution in [0.25, 0.3) is 0 Å². The van der Waals surface area contributed by atoms with Crippen LogP contribution in [0.4, 0.5) is 0 Å². The molecule has 2 N–H and O–H groups in total. The summed E-state index contributed by atoms with van der Waals surface area (Å²) in [6, 6.07) is 7.57. The molecule has 0 amide bonds. The van der Waals surface area contributed by atoms with E-state index in [-0.39, 0.29) is 30.6 Å². The fourth-order valence-corrected chi connectivity index (χ4v) is 1.78. The molecule has 1 aliphatic heterocycles. The van der Waals surface area contributed by atoms with Crippen LogP contribution in [0.3, 0.4) is 0 Å². The second-order valence-corrected chi connectivity index (χ2v) is 4.38. The highest BCUT2D eigenvalue weighted by Gasteiger charge is 2.05. The Kier molecular flexibility index (Phi) is 7.88. The van der Waals surface area contributed by atoms with E-state index in [4.69, 9.17) is 4.74 Å². The first-order chi connectivity index (χ1) is 9.78. The van der Waals surface area contributed by atoms with Crippen LogP contribution in [0.15, 0.2) is 29.3 Å². The molecule has 1 aromatic carbocycles. The van der Waals surface area contributed by atoms with Crippen LogP contribution >= 0.6 is 24.0 Å². The van der Waals surface area contributed by atoms with Crippen LogP contribution < -0.4 is 15.4 Å². The molecule has 6 nitrogen and oxygen atoms in total. The Labute approximate surface area is 141 Å². The van der Waals surface area contributed by atoms with Crippen LogP contribution in [-0.4, -0.2) is 38.7 Å². The van der Waals surface area contributed by atoms with E-state index in [9.17, 15) is 4.79 Å². The molecule has 21 heavy (non-hydrogen) atoms. The molecule has 116 valence electrons. The van der Waals surface area contributed by atoms with Gasteiger partial charge in [0.05, 0.1) is 7.11 Å². The van der Waals surface area contributed by atoms with E-state index in [1.54, 1.807) is 0 Å². The molecular weight excluding hydrogens is 385 g/mol. The molecule has 7 heteroatoms. The Morgan fingerprint density at radius 3 is 3.05 bits per heavy atom. The van der Waals surface area contributed by atoms with Gasteiger partial charge in [-0.25, -0.2) is 4.79 Å². The Morgan fingerprint density at radius 1 is 1.48 bits per heavy atom. The number of rotatable bonds is 5. The Bertz CT molecular complexity index is 494. The van der Waals surface area contributed by atoms with Gasteiger partial charge in [0.2, 0.25) is 0 Å². The predicted octanol–water partition coefficient (Wildman–Crippen LogP) is 1.30. The Hall–Kier alpha value is -1.51. The molecule has 1 aliphatic rings. The van der Waals surface area contributed by atoms with E-state index in [2.05, 4.69) is 20.4 Å². The molecule has 0 bridgehead atoms. The number of hydrogen-bond donors (Lipinski definition) is 2. The average Bonchev–Trinajstić information content (AvgIpc) is 2.52. The van der Waals surface area contributed by atoms with E-state index in [1.165, 1.54) is 7.11 Å². The summed E-state index contributed by atoms with van der Waals surface area (Å²) in [5.74, 6) is 1.08. The lowest BCUT2D eigenvalue weighted by Gasteiger charge is -2.16. The maximum atomic E-state index is 11.0. The number of hydrogen-bond acceptors (Lipinski definition) is 6. The number of halogens is 1. The van der Waals surface area contributed by atoms with Crippen molar-refractivity contribution in [3.05, 3.63) is 29.8 Å². The molecule has 0 fully saturated rings. The third-order valence-corrected chi connectivity index (χ3v) is 2.84. The van der Waals surface area contributed by atoms with Crippen molar-refractivity contribution in [1.82, 2.24) is 10.6 Å². The highest BCUT2D eigenvalue weighted by atomic mass is 127. The number of benzene rings is 1. The molecular formula is C14H20IN3O3. The molecule has 0 saturated carbocycles. The maximum Gasteiger partial charge on any atom is 0.343 e. The first-order valence-electron chi connectivity index (χ1n) is 6.58. The molecule has 0 unspecified atom stereocenters. The zero-order valence-corrected chi connectivity index (χ0v) is 14.3. The molecule has 2 rings (SSSR count). The van der Waals surface area contributed by atoms with Gasteiger partial charge in [0.15, 0.2) is 12.6 Å². The number of esters is 1. The highest BCUT2D eigenvalue weighted by Crippen LogP contribution is 2.13. The van der Waals surface area contributed by atoms with Gasteiger partial charge in [-0.05, 0) is 24.1 Å². The van der Waals surface area contributed by atoms with E-state index in [0.29, 0.717) is 12.3 Å². The van der Waals surface area contributed by atoms with E-state index < -0.39 is 5.97 Å². The van der Waals surface area contributed by atoms with Gasteiger partial charge in [0, 0.05) is 19.6 Å².